The normalized spacial score (nSPS) is 14.6. The minimum absolute atomic E-state index is 0.0974. The zero-order chi connectivity index (χ0) is 24.1. The van der Waals surface area contributed by atoms with Crippen molar-refractivity contribution in [3.63, 3.8) is 0 Å². The largest absolute Gasteiger partial charge is 0.462 e. The molecule has 4 aromatic rings. The number of benzene rings is 3. The first-order valence-electron chi connectivity index (χ1n) is 12.3. The molecule has 0 aliphatic heterocycles. The summed E-state index contributed by atoms with van der Waals surface area (Å²) in [6, 6.07) is 22.4. The molecule has 5 rings (SSSR count). The number of hydrogen-bond donors (Lipinski definition) is 0. The molecule has 34 heavy (non-hydrogen) atoms. The van der Waals surface area contributed by atoms with Gasteiger partial charge in [0, 0.05) is 28.9 Å². The fourth-order valence-electron chi connectivity index (χ4n) is 4.74. The van der Waals surface area contributed by atoms with Crippen LogP contribution in [0.15, 0.2) is 84.7 Å². The lowest BCUT2D eigenvalue weighted by molar-refractivity contribution is 0.402. The molecule has 0 saturated heterocycles. The first-order valence-corrected chi connectivity index (χ1v) is 12.3. The van der Waals surface area contributed by atoms with Crippen LogP contribution < -0.4 is 4.74 Å². The first kappa shape index (κ1) is 22.5. The van der Waals surface area contributed by atoms with Crippen molar-refractivity contribution in [3.8, 4) is 11.4 Å². The predicted molar refractivity (Wildman–Crippen MR) is 145 cm³/mol. The Hall–Kier alpha value is -3.26. The van der Waals surface area contributed by atoms with Crippen LogP contribution in [-0.2, 0) is 10.8 Å². The van der Waals surface area contributed by atoms with Gasteiger partial charge in [0.05, 0.1) is 11.0 Å². The zero-order valence-corrected chi connectivity index (χ0v) is 21.3. The van der Waals surface area contributed by atoms with Gasteiger partial charge in [-0.05, 0) is 70.9 Å². The smallest absolute Gasteiger partial charge is 0.129 e. The highest BCUT2D eigenvalue weighted by Crippen LogP contribution is 2.38. The fourth-order valence-corrected chi connectivity index (χ4v) is 4.74. The maximum Gasteiger partial charge on any atom is 0.129 e. The summed E-state index contributed by atoms with van der Waals surface area (Å²) in [6.45, 7) is 13.7. The Kier molecular flexibility index (Phi) is 5.43. The van der Waals surface area contributed by atoms with E-state index in [9.17, 15) is 0 Å². The maximum absolute atomic E-state index is 6.24. The number of nitrogens with zero attached hydrogens (tertiary/aromatic N) is 1. The molecule has 1 aliphatic carbocycles. The third kappa shape index (κ3) is 4.18. The van der Waals surface area contributed by atoms with E-state index < -0.39 is 0 Å². The molecule has 0 radical (unpaired) electrons. The van der Waals surface area contributed by atoms with Crippen LogP contribution in [0.1, 0.15) is 65.5 Å². The van der Waals surface area contributed by atoms with Gasteiger partial charge in [-0.3, -0.25) is 0 Å². The summed E-state index contributed by atoms with van der Waals surface area (Å²) < 4.78 is 8.62. The number of allylic oxidation sites excluding steroid dienone is 4. The maximum atomic E-state index is 6.24. The Bertz CT molecular complexity index is 1360. The van der Waals surface area contributed by atoms with E-state index in [1.54, 1.807) is 0 Å². The van der Waals surface area contributed by atoms with Crippen molar-refractivity contribution in [2.45, 2.75) is 65.2 Å². The van der Waals surface area contributed by atoms with E-state index in [0.717, 1.165) is 30.0 Å². The fraction of sp³-hybridized carbons (Fsp3) is 0.312. The van der Waals surface area contributed by atoms with E-state index in [0.29, 0.717) is 0 Å². The molecule has 0 spiro atoms. The van der Waals surface area contributed by atoms with Crippen LogP contribution in [0.4, 0.5) is 0 Å². The average Bonchev–Trinajstić information content (AvgIpc) is 3.12. The van der Waals surface area contributed by atoms with Crippen molar-refractivity contribution in [2.24, 2.45) is 0 Å². The number of aromatic nitrogens is 1. The van der Waals surface area contributed by atoms with Crippen molar-refractivity contribution >= 4 is 21.8 Å². The lowest BCUT2D eigenvalue weighted by atomic mass is 9.85. The van der Waals surface area contributed by atoms with Gasteiger partial charge < -0.3 is 9.30 Å². The molecule has 0 N–H and O–H groups in total. The zero-order valence-electron chi connectivity index (χ0n) is 21.3. The Morgan fingerprint density at radius 2 is 1.35 bits per heavy atom. The lowest BCUT2D eigenvalue weighted by Crippen LogP contribution is -2.10. The highest BCUT2D eigenvalue weighted by Gasteiger charge is 2.21. The lowest BCUT2D eigenvalue weighted by Gasteiger charge is -2.19. The minimum Gasteiger partial charge on any atom is -0.462 e. The number of ether oxygens (including phenoxy) is 1. The summed E-state index contributed by atoms with van der Waals surface area (Å²) in [4.78, 5) is 0. The average molecular weight is 450 g/mol. The summed E-state index contributed by atoms with van der Waals surface area (Å²) in [5.74, 6) is 1.90. The second kappa shape index (κ2) is 8.20. The molecule has 0 bridgehead atoms. The monoisotopic (exact) mass is 449 g/mol. The van der Waals surface area contributed by atoms with E-state index >= 15 is 0 Å². The second-order valence-corrected chi connectivity index (χ2v) is 11.5. The van der Waals surface area contributed by atoms with Gasteiger partial charge in [-0.15, -0.1) is 0 Å². The van der Waals surface area contributed by atoms with Gasteiger partial charge in [0.25, 0.3) is 0 Å². The molecule has 3 aromatic carbocycles. The molecule has 0 amide bonds. The van der Waals surface area contributed by atoms with Crippen LogP contribution >= 0.6 is 0 Å². The topological polar surface area (TPSA) is 14.2 Å². The van der Waals surface area contributed by atoms with Crippen LogP contribution in [0.25, 0.3) is 27.5 Å². The number of fused-ring (bicyclic) bond motifs is 3. The van der Waals surface area contributed by atoms with E-state index in [-0.39, 0.29) is 10.8 Å². The van der Waals surface area contributed by atoms with Crippen molar-refractivity contribution in [3.05, 3.63) is 95.8 Å². The standard InChI is InChI=1S/C32H35NO/c1-31(2,3)22-15-17-29-27(19-22)28-20-23(32(4,5)6)16-18-30(28)33(29)24-11-10-14-26(21-24)34-25-12-8-7-9-13-25/h7-8,10-12,14-21H,9,13H2,1-6H3. The molecular formula is C32H35NO. The van der Waals surface area contributed by atoms with Crippen LogP contribution in [0, 0.1) is 0 Å². The summed E-state index contributed by atoms with van der Waals surface area (Å²) in [6.07, 6.45) is 8.30. The molecule has 0 saturated carbocycles. The van der Waals surface area contributed by atoms with Gasteiger partial charge in [0.15, 0.2) is 0 Å². The molecule has 2 heteroatoms. The van der Waals surface area contributed by atoms with Crippen molar-refractivity contribution in [1.29, 1.82) is 0 Å². The molecule has 174 valence electrons. The van der Waals surface area contributed by atoms with Gasteiger partial charge in [0.1, 0.15) is 11.5 Å². The van der Waals surface area contributed by atoms with E-state index in [4.69, 9.17) is 4.74 Å². The number of hydrogen-bond acceptors (Lipinski definition) is 1. The Labute approximate surface area is 203 Å². The number of rotatable bonds is 3. The summed E-state index contributed by atoms with van der Waals surface area (Å²) in [5.41, 5.74) is 6.48. The van der Waals surface area contributed by atoms with Crippen LogP contribution in [0.3, 0.4) is 0 Å². The van der Waals surface area contributed by atoms with Crippen molar-refractivity contribution in [2.75, 3.05) is 0 Å². The first-order chi connectivity index (χ1) is 16.1. The Balaban J connectivity index is 1.72. The second-order valence-electron chi connectivity index (χ2n) is 11.5. The van der Waals surface area contributed by atoms with Gasteiger partial charge in [-0.25, -0.2) is 0 Å². The summed E-state index contributed by atoms with van der Waals surface area (Å²) in [7, 11) is 0. The third-order valence-corrected chi connectivity index (χ3v) is 6.80. The van der Waals surface area contributed by atoms with E-state index in [2.05, 4.69) is 119 Å². The molecule has 1 aliphatic rings. The highest BCUT2D eigenvalue weighted by atomic mass is 16.5. The summed E-state index contributed by atoms with van der Waals surface area (Å²) >= 11 is 0. The summed E-state index contributed by atoms with van der Waals surface area (Å²) in [5, 5.41) is 2.61. The van der Waals surface area contributed by atoms with Gasteiger partial charge in [-0.1, -0.05) is 71.9 Å². The molecule has 0 fully saturated rings. The minimum atomic E-state index is 0.0974. The third-order valence-electron chi connectivity index (χ3n) is 6.80. The molecule has 0 unspecified atom stereocenters. The van der Waals surface area contributed by atoms with Crippen molar-refractivity contribution < 1.29 is 4.74 Å². The Morgan fingerprint density at radius 3 is 1.88 bits per heavy atom. The van der Waals surface area contributed by atoms with E-state index in [1.807, 2.05) is 6.07 Å². The van der Waals surface area contributed by atoms with Gasteiger partial charge in [-0.2, -0.15) is 0 Å². The van der Waals surface area contributed by atoms with Crippen LogP contribution in [-0.4, -0.2) is 4.57 Å². The molecule has 0 atom stereocenters. The van der Waals surface area contributed by atoms with Gasteiger partial charge in [0.2, 0.25) is 0 Å². The molecule has 2 nitrogen and oxygen atoms in total. The van der Waals surface area contributed by atoms with Gasteiger partial charge >= 0.3 is 0 Å². The van der Waals surface area contributed by atoms with Crippen LogP contribution in [0.2, 0.25) is 0 Å². The predicted octanol–water partition coefficient (Wildman–Crippen LogP) is 8.99. The van der Waals surface area contributed by atoms with E-state index in [1.165, 1.54) is 32.9 Å². The molecular weight excluding hydrogens is 414 g/mol. The van der Waals surface area contributed by atoms with Crippen molar-refractivity contribution in [1.82, 2.24) is 4.57 Å². The molecule has 1 heterocycles. The SMILES string of the molecule is CC(C)(C)c1ccc2c(c1)c1cc(C(C)(C)C)ccc1n2-c1cccc(OC2=CC=CCC2)c1. The highest BCUT2D eigenvalue weighted by molar-refractivity contribution is 6.09. The van der Waals surface area contributed by atoms with Crippen LogP contribution in [0.5, 0.6) is 5.75 Å². The Morgan fingerprint density at radius 1 is 0.735 bits per heavy atom. The molecule has 1 aromatic heterocycles. The quantitative estimate of drug-likeness (QED) is 0.304.